The minimum absolute atomic E-state index is 0.0141. The lowest BCUT2D eigenvalue weighted by Crippen LogP contribution is -2.14. The first-order valence-electron chi connectivity index (χ1n) is 9.42. The van der Waals surface area contributed by atoms with Crippen LogP contribution < -0.4 is 0 Å². The minimum Gasteiger partial charge on any atom is -0.389 e. The normalized spacial score (nSPS) is 12.9. The van der Waals surface area contributed by atoms with E-state index in [2.05, 4.69) is 32.9 Å². The van der Waals surface area contributed by atoms with Crippen molar-refractivity contribution in [1.82, 2.24) is 0 Å². The maximum absolute atomic E-state index is 15.6. The first kappa shape index (κ1) is 19.7. The Labute approximate surface area is 151 Å². The number of hydrogen-bond acceptors (Lipinski definition) is 1. The molecule has 1 N–H and O–H groups in total. The van der Waals surface area contributed by atoms with Crippen LogP contribution in [0.2, 0.25) is 0 Å². The fourth-order valence-corrected chi connectivity index (χ4v) is 3.87. The van der Waals surface area contributed by atoms with Crippen molar-refractivity contribution in [2.24, 2.45) is 0 Å². The maximum Gasteiger partial charge on any atom is 0.130 e. The molecule has 0 heterocycles. The van der Waals surface area contributed by atoms with E-state index in [-0.39, 0.29) is 17.7 Å². The van der Waals surface area contributed by atoms with Crippen molar-refractivity contribution in [3.05, 3.63) is 58.4 Å². The van der Waals surface area contributed by atoms with Crippen molar-refractivity contribution >= 4 is 0 Å². The van der Waals surface area contributed by atoms with Crippen LogP contribution in [-0.2, 0) is 6.42 Å². The molecule has 0 amide bonds. The van der Waals surface area contributed by atoms with Gasteiger partial charge in [0.15, 0.2) is 0 Å². The van der Waals surface area contributed by atoms with Gasteiger partial charge in [-0.2, -0.15) is 0 Å². The summed E-state index contributed by atoms with van der Waals surface area (Å²) < 4.78 is 15.6. The fraction of sp³-hybridized carbons (Fsp3) is 0.478. The van der Waals surface area contributed by atoms with Crippen LogP contribution in [0.25, 0.3) is 11.1 Å². The number of aliphatic hydroxyl groups excluding tert-OH is 1. The van der Waals surface area contributed by atoms with E-state index in [1.165, 1.54) is 0 Å². The van der Waals surface area contributed by atoms with Crippen LogP contribution in [0.4, 0.5) is 4.39 Å². The molecule has 2 heteroatoms. The van der Waals surface area contributed by atoms with Crippen LogP contribution in [-0.4, -0.2) is 5.11 Å². The van der Waals surface area contributed by atoms with Crippen LogP contribution in [0.1, 0.15) is 88.2 Å². The van der Waals surface area contributed by atoms with Gasteiger partial charge in [-0.15, -0.1) is 0 Å². The standard InChI is InChI=1S/C23H31FO/c1-7-11-18-19(14(2)3)23(24)20(15(4)5)21(16(6)25)22(18)17-12-9-8-10-13-17/h8-10,12-16,25H,7,11H2,1-6H3. The summed E-state index contributed by atoms with van der Waals surface area (Å²) in [5.74, 6) is -0.00571. The monoisotopic (exact) mass is 342 g/mol. The molecular formula is C23H31FO. The molecule has 2 rings (SSSR count). The molecule has 25 heavy (non-hydrogen) atoms. The summed E-state index contributed by atoms with van der Waals surface area (Å²) in [5, 5.41) is 10.6. The maximum atomic E-state index is 15.6. The number of hydrogen-bond donors (Lipinski definition) is 1. The SMILES string of the molecule is CCCc1c(-c2ccccc2)c(C(C)O)c(C(C)C)c(F)c1C(C)C. The number of halogens is 1. The highest BCUT2D eigenvalue weighted by atomic mass is 19.1. The van der Waals surface area contributed by atoms with E-state index >= 15 is 4.39 Å². The Kier molecular flexibility index (Phi) is 6.40. The zero-order valence-electron chi connectivity index (χ0n) is 16.4. The van der Waals surface area contributed by atoms with Gasteiger partial charge in [0.25, 0.3) is 0 Å². The van der Waals surface area contributed by atoms with Crippen molar-refractivity contribution in [1.29, 1.82) is 0 Å². The smallest absolute Gasteiger partial charge is 0.130 e. The van der Waals surface area contributed by atoms with Gasteiger partial charge in [-0.3, -0.25) is 0 Å². The van der Waals surface area contributed by atoms with Gasteiger partial charge in [-0.05, 0) is 58.6 Å². The fourth-order valence-electron chi connectivity index (χ4n) is 3.87. The molecule has 1 unspecified atom stereocenters. The lowest BCUT2D eigenvalue weighted by atomic mass is 9.78. The molecule has 0 aliphatic heterocycles. The second-order valence-electron chi connectivity index (χ2n) is 7.51. The van der Waals surface area contributed by atoms with Crippen LogP contribution in [0.3, 0.4) is 0 Å². The highest BCUT2D eigenvalue weighted by Crippen LogP contribution is 2.43. The zero-order chi connectivity index (χ0) is 18.7. The van der Waals surface area contributed by atoms with E-state index in [0.29, 0.717) is 5.56 Å². The molecule has 2 aromatic rings. The van der Waals surface area contributed by atoms with Crippen LogP contribution in [0, 0.1) is 5.82 Å². The lowest BCUT2D eigenvalue weighted by molar-refractivity contribution is 0.197. The van der Waals surface area contributed by atoms with E-state index < -0.39 is 6.10 Å². The number of aliphatic hydroxyl groups is 1. The molecule has 0 fully saturated rings. The third kappa shape index (κ3) is 3.79. The van der Waals surface area contributed by atoms with Crippen molar-refractivity contribution in [2.45, 2.75) is 72.3 Å². The lowest BCUT2D eigenvalue weighted by Gasteiger charge is -2.28. The molecule has 1 atom stereocenters. The molecule has 0 aliphatic carbocycles. The van der Waals surface area contributed by atoms with Gasteiger partial charge in [-0.25, -0.2) is 4.39 Å². The minimum atomic E-state index is -0.709. The first-order valence-corrected chi connectivity index (χ1v) is 9.42. The van der Waals surface area contributed by atoms with Crippen molar-refractivity contribution < 1.29 is 9.50 Å². The van der Waals surface area contributed by atoms with Crippen LogP contribution in [0.15, 0.2) is 30.3 Å². The molecule has 0 aromatic heterocycles. The summed E-state index contributed by atoms with van der Waals surface area (Å²) in [6, 6.07) is 10.1. The second-order valence-corrected chi connectivity index (χ2v) is 7.51. The molecule has 2 aromatic carbocycles. The van der Waals surface area contributed by atoms with Gasteiger partial charge in [0, 0.05) is 0 Å². The Bertz CT molecular complexity index is 715. The van der Waals surface area contributed by atoms with Crippen molar-refractivity contribution in [2.75, 3.05) is 0 Å². The zero-order valence-corrected chi connectivity index (χ0v) is 16.4. The van der Waals surface area contributed by atoms with E-state index in [0.717, 1.165) is 40.7 Å². The number of rotatable bonds is 6. The van der Waals surface area contributed by atoms with E-state index in [9.17, 15) is 5.11 Å². The third-order valence-electron chi connectivity index (χ3n) is 4.79. The van der Waals surface area contributed by atoms with Gasteiger partial charge in [0.05, 0.1) is 6.10 Å². The largest absolute Gasteiger partial charge is 0.389 e. The summed E-state index contributed by atoms with van der Waals surface area (Å²) >= 11 is 0. The topological polar surface area (TPSA) is 20.2 Å². The third-order valence-corrected chi connectivity index (χ3v) is 4.79. The average Bonchev–Trinajstić information content (AvgIpc) is 2.54. The average molecular weight is 342 g/mol. The van der Waals surface area contributed by atoms with Gasteiger partial charge >= 0.3 is 0 Å². The quantitative estimate of drug-likeness (QED) is 0.616. The highest BCUT2D eigenvalue weighted by molar-refractivity contribution is 5.75. The second kappa shape index (κ2) is 8.14. The molecule has 0 radical (unpaired) electrons. The van der Waals surface area contributed by atoms with E-state index in [1.807, 2.05) is 32.0 Å². The summed E-state index contributed by atoms with van der Waals surface area (Å²) in [6.45, 7) is 12.0. The summed E-state index contributed by atoms with van der Waals surface area (Å²) in [5.41, 5.74) is 5.39. The van der Waals surface area contributed by atoms with Crippen LogP contribution >= 0.6 is 0 Å². The van der Waals surface area contributed by atoms with Crippen LogP contribution in [0.5, 0.6) is 0 Å². The molecule has 0 saturated heterocycles. The van der Waals surface area contributed by atoms with Crippen molar-refractivity contribution in [3.8, 4) is 11.1 Å². The molecule has 0 saturated carbocycles. The summed E-state index contributed by atoms with van der Waals surface area (Å²) in [7, 11) is 0. The Morgan fingerprint density at radius 2 is 1.44 bits per heavy atom. The molecular weight excluding hydrogens is 311 g/mol. The van der Waals surface area contributed by atoms with Gasteiger partial charge < -0.3 is 5.11 Å². The van der Waals surface area contributed by atoms with E-state index in [4.69, 9.17) is 0 Å². The van der Waals surface area contributed by atoms with Gasteiger partial charge in [0.2, 0.25) is 0 Å². The predicted octanol–water partition coefficient (Wildman–Crippen LogP) is 6.75. The Morgan fingerprint density at radius 3 is 1.88 bits per heavy atom. The highest BCUT2D eigenvalue weighted by Gasteiger charge is 2.28. The first-order chi connectivity index (χ1) is 11.8. The van der Waals surface area contributed by atoms with Crippen molar-refractivity contribution in [3.63, 3.8) is 0 Å². The predicted molar refractivity (Wildman–Crippen MR) is 105 cm³/mol. The summed E-state index contributed by atoms with van der Waals surface area (Å²) in [6.07, 6.45) is 1.05. The molecule has 136 valence electrons. The summed E-state index contributed by atoms with van der Waals surface area (Å²) in [4.78, 5) is 0. The van der Waals surface area contributed by atoms with Gasteiger partial charge in [-0.1, -0.05) is 71.4 Å². The number of benzene rings is 2. The Morgan fingerprint density at radius 1 is 0.880 bits per heavy atom. The molecule has 0 aliphatic rings. The molecule has 0 bridgehead atoms. The molecule has 0 spiro atoms. The molecule has 1 nitrogen and oxygen atoms in total. The van der Waals surface area contributed by atoms with Gasteiger partial charge in [0.1, 0.15) is 5.82 Å². The Balaban J connectivity index is 3.03. The Hall–Kier alpha value is -1.67. The van der Waals surface area contributed by atoms with E-state index in [1.54, 1.807) is 6.92 Å².